The van der Waals surface area contributed by atoms with Gasteiger partial charge in [0, 0.05) is 44.0 Å². The van der Waals surface area contributed by atoms with E-state index in [9.17, 15) is 15.2 Å². The minimum Gasteiger partial charge on any atom is -0.480 e. The number of carboxylic acid groups (broad SMARTS) is 1. The van der Waals surface area contributed by atoms with E-state index in [0.29, 0.717) is 0 Å². The number of aryl methyl sites for hydroxylation is 2. The van der Waals surface area contributed by atoms with Crippen molar-refractivity contribution in [3.05, 3.63) is 120 Å². The molecule has 0 bridgehead atoms. The maximum absolute atomic E-state index is 11.7. The number of hydrogen-bond donors (Lipinski definition) is 1. The van der Waals surface area contributed by atoms with Gasteiger partial charge in [0.15, 0.2) is 0 Å². The summed E-state index contributed by atoms with van der Waals surface area (Å²) in [5.41, 5.74) is 8.81. The number of fused-ring (bicyclic) bond motifs is 9. The Kier molecular flexibility index (Phi) is 6.98. The van der Waals surface area contributed by atoms with Gasteiger partial charge in [0.2, 0.25) is 0 Å². The number of anilines is 2. The molecule has 2 unspecified atom stereocenters. The quantitative estimate of drug-likeness (QED) is 0.198. The van der Waals surface area contributed by atoms with Gasteiger partial charge >= 0.3 is 5.97 Å². The van der Waals surface area contributed by atoms with Crippen molar-refractivity contribution in [1.29, 1.82) is 5.26 Å². The number of para-hydroxylation sites is 1. The molecule has 0 amide bonds. The first kappa shape index (κ1) is 29.9. The lowest BCUT2D eigenvalue weighted by atomic mass is 9.87. The summed E-state index contributed by atoms with van der Waals surface area (Å²) < 4.78 is 5.14. The van der Waals surface area contributed by atoms with Crippen LogP contribution in [0.2, 0.25) is 0 Å². The van der Waals surface area contributed by atoms with Gasteiger partial charge in [0.25, 0.3) is 0 Å². The molecule has 9 rings (SSSR count). The molecule has 3 heterocycles. The van der Waals surface area contributed by atoms with Gasteiger partial charge in [-0.2, -0.15) is 5.26 Å². The Morgan fingerprint density at radius 3 is 2.06 bits per heavy atom. The molecule has 1 N–H and O–H groups in total. The van der Waals surface area contributed by atoms with Crippen LogP contribution in [0.3, 0.4) is 0 Å². The molecule has 6 heteroatoms. The maximum Gasteiger partial charge on any atom is 0.321 e. The standard InChI is InChI=1S/C43H32N2O2S2/c1-3-45-37-7-5-4-6-25(37)8-13-31-17-28(14-15-38(31)45)27-11-12-30-22-40-35(20-33(30)18-27)42-41(49-40)34-19-32-16-26(24(2)36(23-44)43(46)47)9-10-29(32)21-39(34)48-42/h4-7,9-12,14-22,24,36H,3,8,13H2,1-2H3,(H,46,47). The monoisotopic (exact) mass is 672 g/mol. The predicted octanol–water partition coefficient (Wildman–Crippen LogP) is 11.8. The zero-order valence-corrected chi connectivity index (χ0v) is 28.8. The zero-order chi connectivity index (χ0) is 33.4. The van der Waals surface area contributed by atoms with Crippen molar-refractivity contribution in [1.82, 2.24) is 0 Å². The molecule has 6 aromatic carbocycles. The number of hydrogen-bond acceptors (Lipinski definition) is 5. The summed E-state index contributed by atoms with van der Waals surface area (Å²) in [5.74, 6) is -2.56. The minimum absolute atomic E-state index is 0.402. The Morgan fingerprint density at radius 2 is 1.37 bits per heavy atom. The van der Waals surface area contributed by atoms with Crippen LogP contribution >= 0.6 is 22.7 Å². The van der Waals surface area contributed by atoms with Gasteiger partial charge < -0.3 is 10.0 Å². The van der Waals surface area contributed by atoms with Gasteiger partial charge in [-0.25, -0.2) is 0 Å². The molecule has 0 radical (unpaired) electrons. The Balaban J connectivity index is 1.11. The molecule has 2 aromatic heterocycles. The van der Waals surface area contributed by atoms with Crippen LogP contribution in [0.15, 0.2) is 103 Å². The third kappa shape index (κ3) is 4.80. The van der Waals surface area contributed by atoms with Crippen LogP contribution < -0.4 is 4.90 Å². The van der Waals surface area contributed by atoms with Crippen molar-refractivity contribution in [2.45, 2.75) is 32.6 Å². The first-order valence-electron chi connectivity index (χ1n) is 16.8. The third-order valence-corrected chi connectivity index (χ3v) is 12.9. The van der Waals surface area contributed by atoms with E-state index in [1.54, 1.807) is 0 Å². The van der Waals surface area contributed by atoms with E-state index in [2.05, 4.69) is 109 Å². The van der Waals surface area contributed by atoms with Crippen LogP contribution in [0.25, 0.3) is 62.2 Å². The van der Waals surface area contributed by atoms with Gasteiger partial charge in [-0.15, -0.1) is 22.7 Å². The van der Waals surface area contributed by atoms with Crippen LogP contribution in [-0.2, 0) is 17.6 Å². The summed E-state index contributed by atoms with van der Waals surface area (Å²) in [5, 5.41) is 26.2. The van der Waals surface area contributed by atoms with Gasteiger partial charge in [-0.1, -0.05) is 61.5 Å². The van der Waals surface area contributed by atoms with E-state index >= 15 is 0 Å². The zero-order valence-electron chi connectivity index (χ0n) is 27.2. The summed E-state index contributed by atoms with van der Waals surface area (Å²) >= 11 is 3.69. The van der Waals surface area contributed by atoms with Gasteiger partial charge in [-0.05, 0) is 118 Å². The fourth-order valence-corrected chi connectivity index (χ4v) is 10.4. The number of rotatable bonds is 5. The number of nitriles is 1. The summed E-state index contributed by atoms with van der Waals surface area (Å²) in [6.07, 6.45) is 2.08. The first-order chi connectivity index (χ1) is 23.9. The lowest BCUT2D eigenvalue weighted by molar-refractivity contribution is -0.140. The highest BCUT2D eigenvalue weighted by molar-refractivity contribution is 7.36. The number of aliphatic carboxylic acids is 1. The molecule has 1 aliphatic rings. The minimum atomic E-state index is -1.08. The first-order valence-corrected chi connectivity index (χ1v) is 18.4. The number of thiophene rings is 2. The smallest absolute Gasteiger partial charge is 0.321 e. The van der Waals surface area contributed by atoms with E-state index in [1.807, 2.05) is 41.7 Å². The Bertz CT molecular complexity index is 2700. The van der Waals surface area contributed by atoms with E-state index < -0.39 is 17.8 Å². The van der Waals surface area contributed by atoms with Crippen molar-refractivity contribution in [2.24, 2.45) is 5.92 Å². The summed E-state index contributed by atoms with van der Waals surface area (Å²) in [6.45, 7) is 4.99. The summed E-state index contributed by atoms with van der Waals surface area (Å²) in [7, 11) is 0. The molecule has 4 nitrogen and oxygen atoms in total. The van der Waals surface area contributed by atoms with Gasteiger partial charge in [0.05, 0.1) is 15.5 Å². The molecule has 8 aromatic rings. The highest BCUT2D eigenvalue weighted by Gasteiger charge is 2.26. The predicted molar refractivity (Wildman–Crippen MR) is 207 cm³/mol. The Morgan fingerprint density at radius 1 is 0.755 bits per heavy atom. The van der Waals surface area contributed by atoms with Crippen LogP contribution in [0, 0.1) is 17.2 Å². The molecular weight excluding hydrogens is 641 g/mol. The average molecular weight is 673 g/mol. The molecule has 0 spiro atoms. The van der Waals surface area contributed by atoms with Crippen molar-refractivity contribution in [3.63, 3.8) is 0 Å². The molecule has 49 heavy (non-hydrogen) atoms. The van der Waals surface area contributed by atoms with Crippen LogP contribution in [0.1, 0.15) is 36.5 Å². The van der Waals surface area contributed by atoms with E-state index in [-0.39, 0.29) is 0 Å². The number of carboxylic acids is 1. The molecule has 0 saturated heterocycles. The van der Waals surface area contributed by atoms with Crippen molar-refractivity contribution in [2.75, 3.05) is 11.4 Å². The van der Waals surface area contributed by atoms with Gasteiger partial charge in [-0.3, -0.25) is 4.79 Å². The molecular formula is C43H32N2O2S2. The lowest BCUT2D eigenvalue weighted by Gasteiger charge is -2.25. The second kappa shape index (κ2) is 11.4. The number of benzene rings is 6. The van der Waals surface area contributed by atoms with Crippen LogP contribution in [-0.4, -0.2) is 17.6 Å². The van der Waals surface area contributed by atoms with Crippen molar-refractivity contribution < 1.29 is 9.90 Å². The summed E-state index contributed by atoms with van der Waals surface area (Å²) in [6, 6.07) is 39.9. The molecule has 0 saturated carbocycles. The SMILES string of the molecule is CCN1c2ccccc2CCc2cc(-c3ccc4cc5sc6c7cc8cc(C(C)C(C#N)C(=O)O)ccc8cc7sc6c5cc4c3)ccc21. The molecule has 1 aliphatic heterocycles. The second-order valence-electron chi connectivity index (χ2n) is 13.2. The molecule has 0 fully saturated rings. The lowest BCUT2D eigenvalue weighted by Crippen LogP contribution is -2.18. The van der Waals surface area contributed by atoms with E-state index in [1.165, 1.54) is 74.0 Å². The fourth-order valence-electron chi connectivity index (χ4n) is 7.75. The normalized spacial score (nSPS) is 14.2. The van der Waals surface area contributed by atoms with E-state index in [0.717, 1.165) is 35.7 Å². The Labute approximate surface area is 292 Å². The fraction of sp³-hybridized carbons (Fsp3) is 0.163. The maximum atomic E-state index is 11.7. The highest BCUT2D eigenvalue weighted by Crippen LogP contribution is 2.47. The molecule has 0 aliphatic carbocycles. The second-order valence-corrected chi connectivity index (χ2v) is 15.3. The summed E-state index contributed by atoms with van der Waals surface area (Å²) in [4.78, 5) is 14.1. The van der Waals surface area contributed by atoms with Crippen LogP contribution in [0.5, 0.6) is 0 Å². The number of carbonyl (C=O) groups is 1. The Hall–Kier alpha value is -5.22. The highest BCUT2D eigenvalue weighted by atomic mass is 32.1. The largest absolute Gasteiger partial charge is 0.480 e. The van der Waals surface area contributed by atoms with Crippen molar-refractivity contribution in [3.8, 4) is 17.2 Å². The number of nitrogens with zero attached hydrogens (tertiary/aromatic N) is 2. The van der Waals surface area contributed by atoms with Crippen LogP contribution in [0.4, 0.5) is 11.4 Å². The van der Waals surface area contributed by atoms with Crippen molar-refractivity contribution >= 4 is 91.1 Å². The average Bonchev–Trinajstić information content (AvgIpc) is 3.58. The van der Waals surface area contributed by atoms with E-state index in [4.69, 9.17) is 0 Å². The molecule has 2 atom stereocenters. The topological polar surface area (TPSA) is 64.3 Å². The molecule has 238 valence electrons. The third-order valence-electron chi connectivity index (χ3n) is 10.4. The van der Waals surface area contributed by atoms with Gasteiger partial charge in [0.1, 0.15) is 5.92 Å².